The predicted molar refractivity (Wildman–Crippen MR) is 90.4 cm³/mol. The second-order valence-corrected chi connectivity index (χ2v) is 8.05. The summed E-state index contributed by atoms with van der Waals surface area (Å²) in [4.78, 5) is 28.8. The van der Waals surface area contributed by atoms with Gasteiger partial charge in [0.15, 0.2) is 0 Å². The largest absolute Gasteiger partial charge is 0.378 e. The third-order valence-corrected chi connectivity index (χ3v) is 5.76. The molecule has 23 heavy (non-hydrogen) atoms. The number of carbonyl (C=O) groups is 2. The molecule has 0 aromatic carbocycles. The second kappa shape index (κ2) is 7.38. The van der Waals surface area contributed by atoms with Crippen LogP contribution in [0.5, 0.6) is 0 Å². The lowest BCUT2D eigenvalue weighted by Crippen LogP contribution is -2.49. The summed E-state index contributed by atoms with van der Waals surface area (Å²) in [5.41, 5.74) is 0.432. The van der Waals surface area contributed by atoms with Crippen LogP contribution in [-0.4, -0.2) is 61.0 Å². The van der Waals surface area contributed by atoms with Gasteiger partial charge in [0.1, 0.15) is 4.34 Å². The fourth-order valence-corrected chi connectivity index (χ4v) is 4.51. The molecule has 126 valence electrons. The number of rotatable bonds is 2. The molecular weight excluding hydrogens is 359 g/mol. The van der Waals surface area contributed by atoms with Gasteiger partial charge in [0.2, 0.25) is 5.91 Å². The average molecular weight is 377 g/mol. The lowest BCUT2D eigenvalue weighted by Gasteiger charge is -2.36. The molecule has 0 saturated carbocycles. The molecule has 0 spiro atoms. The molecule has 2 aliphatic rings. The maximum Gasteiger partial charge on any atom is 0.256 e. The molecule has 1 atom stereocenters. The van der Waals surface area contributed by atoms with Crippen LogP contribution in [0.15, 0.2) is 6.07 Å². The monoisotopic (exact) mass is 376 g/mol. The van der Waals surface area contributed by atoms with Gasteiger partial charge in [-0.25, -0.2) is 0 Å². The van der Waals surface area contributed by atoms with Crippen molar-refractivity contribution in [3.8, 4) is 0 Å². The van der Waals surface area contributed by atoms with Gasteiger partial charge in [0, 0.05) is 26.2 Å². The first-order valence-corrected chi connectivity index (χ1v) is 9.24. The third kappa shape index (κ3) is 3.82. The zero-order valence-corrected chi connectivity index (χ0v) is 14.9. The molecule has 8 heteroatoms. The molecule has 0 bridgehead atoms. The number of ether oxygens (including phenoxy) is 1. The van der Waals surface area contributed by atoms with Gasteiger partial charge >= 0.3 is 0 Å². The summed E-state index contributed by atoms with van der Waals surface area (Å²) in [6.07, 6.45) is 1.64. The lowest BCUT2D eigenvalue weighted by atomic mass is 9.96. The predicted octanol–water partition coefficient (Wildman–Crippen LogP) is 2.77. The average Bonchev–Trinajstić information content (AvgIpc) is 2.93. The van der Waals surface area contributed by atoms with Crippen LogP contribution in [0.2, 0.25) is 8.67 Å². The summed E-state index contributed by atoms with van der Waals surface area (Å²) in [6, 6.07) is 1.60. The van der Waals surface area contributed by atoms with Crippen LogP contribution in [0.4, 0.5) is 0 Å². The van der Waals surface area contributed by atoms with E-state index in [0.717, 1.165) is 12.8 Å². The Hall–Kier alpha value is -0.820. The van der Waals surface area contributed by atoms with Crippen LogP contribution in [-0.2, 0) is 9.53 Å². The van der Waals surface area contributed by atoms with E-state index in [1.807, 2.05) is 4.90 Å². The fourth-order valence-electron chi connectivity index (χ4n) is 3.06. The number of piperidine rings is 1. The number of morpholine rings is 1. The smallest absolute Gasteiger partial charge is 0.256 e. The number of amides is 2. The van der Waals surface area contributed by atoms with E-state index in [9.17, 15) is 9.59 Å². The highest BCUT2D eigenvalue weighted by Crippen LogP contribution is 2.33. The van der Waals surface area contributed by atoms with Crippen LogP contribution in [0.1, 0.15) is 23.2 Å². The number of halogens is 2. The Kier molecular flexibility index (Phi) is 5.46. The quantitative estimate of drug-likeness (QED) is 0.797. The van der Waals surface area contributed by atoms with E-state index in [4.69, 9.17) is 27.9 Å². The molecule has 0 unspecified atom stereocenters. The molecule has 3 rings (SSSR count). The lowest BCUT2D eigenvalue weighted by molar-refractivity contribution is -0.141. The van der Waals surface area contributed by atoms with Crippen LogP contribution >= 0.6 is 34.5 Å². The Balaban J connectivity index is 1.66. The van der Waals surface area contributed by atoms with Crippen LogP contribution in [0, 0.1) is 5.92 Å². The summed E-state index contributed by atoms with van der Waals surface area (Å²) in [7, 11) is 0. The minimum Gasteiger partial charge on any atom is -0.378 e. The Morgan fingerprint density at radius 1 is 1.17 bits per heavy atom. The third-order valence-electron chi connectivity index (χ3n) is 4.27. The molecule has 0 N–H and O–H groups in total. The molecule has 1 aromatic rings. The summed E-state index contributed by atoms with van der Waals surface area (Å²) in [5.74, 6) is -0.156. The van der Waals surface area contributed by atoms with Gasteiger partial charge < -0.3 is 14.5 Å². The van der Waals surface area contributed by atoms with Crippen molar-refractivity contribution in [1.29, 1.82) is 0 Å². The fraction of sp³-hybridized carbons (Fsp3) is 0.600. The van der Waals surface area contributed by atoms with Gasteiger partial charge in [-0.2, -0.15) is 0 Å². The second-order valence-electron chi connectivity index (χ2n) is 5.77. The Morgan fingerprint density at radius 3 is 2.57 bits per heavy atom. The standard InChI is InChI=1S/C15H18Cl2N2O3S/c16-12-8-11(13(17)23-12)15(21)19-3-1-2-10(9-19)14(20)18-4-6-22-7-5-18/h8,10H,1-7,9H2/t10-/m1/s1. The van der Waals surface area contributed by atoms with E-state index in [0.29, 0.717) is 53.6 Å². The van der Waals surface area contributed by atoms with Crippen molar-refractivity contribution < 1.29 is 14.3 Å². The number of carbonyl (C=O) groups excluding carboxylic acids is 2. The molecule has 0 aliphatic carbocycles. The highest BCUT2D eigenvalue weighted by Gasteiger charge is 2.33. The first kappa shape index (κ1) is 17.0. The Labute approximate surface area is 149 Å². The van der Waals surface area contributed by atoms with E-state index in [1.54, 1.807) is 11.0 Å². The van der Waals surface area contributed by atoms with Crippen molar-refractivity contribution in [3.05, 3.63) is 20.3 Å². The number of nitrogens with zero attached hydrogens (tertiary/aromatic N) is 2. The zero-order valence-electron chi connectivity index (χ0n) is 12.6. The van der Waals surface area contributed by atoms with Crippen molar-refractivity contribution >= 4 is 46.4 Å². The molecular formula is C15H18Cl2N2O3S. The molecule has 0 radical (unpaired) electrons. The molecule has 2 aliphatic heterocycles. The summed E-state index contributed by atoms with van der Waals surface area (Å²) < 4.78 is 6.19. The minimum atomic E-state index is -0.141. The zero-order chi connectivity index (χ0) is 16.4. The maximum atomic E-state index is 12.6. The SMILES string of the molecule is O=C(c1cc(Cl)sc1Cl)N1CCC[C@@H](C(=O)N2CCOCC2)C1. The molecule has 2 amide bonds. The first-order chi connectivity index (χ1) is 11.1. The summed E-state index contributed by atoms with van der Waals surface area (Å²) in [6.45, 7) is 3.53. The number of likely N-dealkylation sites (tertiary alicyclic amines) is 1. The first-order valence-electron chi connectivity index (χ1n) is 7.67. The van der Waals surface area contributed by atoms with Crippen molar-refractivity contribution in [2.24, 2.45) is 5.92 Å². The van der Waals surface area contributed by atoms with Crippen molar-refractivity contribution in [2.45, 2.75) is 12.8 Å². The van der Waals surface area contributed by atoms with Crippen LogP contribution in [0.25, 0.3) is 0 Å². The van der Waals surface area contributed by atoms with Crippen LogP contribution in [0.3, 0.4) is 0 Å². The topological polar surface area (TPSA) is 49.9 Å². The maximum absolute atomic E-state index is 12.6. The van der Waals surface area contributed by atoms with Crippen molar-refractivity contribution in [3.63, 3.8) is 0 Å². The highest BCUT2D eigenvalue weighted by atomic mass is 35.5. The number of thiophene rings is 1. The number of hydrogen-bond acceptors (Lipinski definition) is 4. The van der Waals surface area contributed by atoms with Gasteiger partial charge in [0.05, 0.1) is 29.0 Å². The molecule has 5 nitrogen and oxygen atoms in total. The summed E-state index contributed by atoms with van der Waals surface area (Å²) >= 11 is 13.2. The Bertz CT molecular complexity index is 602. The van der Waals surface area contributed by atoms with Crippen molar-refractivity contribution in [1.82, 2.24) is 9.80 Å². The van der Waals surface area contributed by atoms with Crippen LogP contribution < -0.4 is 0 Å². The van der Waals surface area contributed by atoms with E-state index in [2.05, 4.69) is 0 Å². The van der Waals surface area contributed by atoms with Gasteiger partial charge in [0.25, 0.3) is 5.91 Å². The van der Waals surface area contributed by atoms with Gasteiger partial charge in [-0.3, -0.25) is 9.59 Å². The summed E-state index contributed by atoms with van der Waals surface area (Å²) in [5, 5.41) is 0. The van der Waals surface area contributed by atoms with E-state index >= 15 is 0 Å². The normalized spacial score (nSPS) is 22.3. The number of hydrogen-bond donors (Lipinski definition) is 0. The molecule has 3 heterocycles. The van der Waals surface area contributed by atoms with E-state index < -0.39 is 0 Å². The Morgan fingerprint density at radius 2 is 1.91 bits per heavy atom. The van der Waals surface area contributed by atoms with E-state index in [-0.39, 0.29) is 17.7 Å². The van der Waals surface area contributed by atoms with Gasteiger partial charge in [-0.15, -0.1) is 11.3 Å². The molecule has 2 fully saturated rings. The van der Waals surface area contributed by atoms with E-state index in [1.165, 1.54) is 11.3 Å². The highest BCUT2D eigenvalue weighted by molar-refractivity contribution is 7.20. The van der Waals surface area contributed by atoms with Gasteiger partial charge in [-0.1, -0.05) is 23.2 Å². The molecule has 2 saturated heterocycles. The van der Waals surface area contributed by atoms with Crippen molar-refractivity contribution in [2.75, 3.05) is 39.4 Å². The van der Waals surface area contributed by atoms with Gasteiger partial charge in [-0.05, 0) is 18.9 Å². The minimum absolute atomic E-state index is 0.125. The molecule has 1 aromatic heterocycles.